The lowest BCUT2D eigenvalue weighted by molar-refractivity contribution is 0.408. The standard InChI is InChI=1S/C19H17FN2O3/c1-25-17-5-3-2-4-15(17)13-22-11-10-21(18(23)19(22)24)12-14-6-8-16(20)9-7-14/h2-11H,12-13H2,1H3. The maximum Gasteiger partial charge on any atom is 0.316 e. The molecule has 1 aromatic heterocycles. The van der Waals surface area contributed by atoms with Crippen molar-refractivity contribution in [1.29, 1.82) is 0 Å². The van der Waals surface area contributed by atoms with Gasteiger partial charge in [-0.3, -0.25) is 9.59 Å². The summed E-state index contributed by atoms with van der Waals surface area (Å²) in [5, 5.41) is 0. The van der Waals surface area contributed by atoms with E-state index in [1.807, 2.05) is 18.2 Å². The molecular formula is C19H17FN2O3. The number of para-hydroxylation sites is 1. The van der Waals surface area contributed by atoms with Gasteiger partial charge in [0.15, 0.2) is 0 Å². The number of hydrogen-bond donors (Lipinski definition) is 0. The highest BCUT2D eigenvalue weighted by atomic mass is 19.1. The molecule has 0 radical (unpaired) electrons. The lowest BCUT2D eigenvalue weighted by Gasteiger charge is -2.11. The van der Waals surface area contributed by atoms with Crippen LogP contribution >= 0.6 is 0 Å². The molecule has 128 valence electrons. The Hall–Kier alpha value is -3.15. The van der Waals surface area contributed by atoms with Crippen molar-refractivity contribution in [3.8, 4) is 5.75 Å². The summed E-state index contributed by atoms with van der Waals surface area (Å²) in [6, 6.07) is 13.1. The predicted octanol–water partition coefficient (Wildman–Crippen LogP) is 2.25. The van der Waals surface area contributed by atoms with E-state index in [-0.39, 0.29) is 18.9 Å². The molecule has 0 unspecified atom stereocenters. The normalized spacial score (nSPS) is 10.6. The van der Waals surface area contributed by atoms with Crippen LogP contribution in [-0.2, 0) is 13.1 Å². The molecule has 0 spiro atoms. The summed E-state index contributed by atoms with van der Waals surface area (Å²) in [6.07, 6.45) is 3.13. The number of methoxy groups -OCH3 is 1. The molecule has 5 nitrogen and oxygen atoms in total. The van der Waals surface area contributed by atoms with Crippen LogP contribution in [0.15, 0.2) is 70.5 Å². The van der Waals surface area contributed by atoms with Crippen molar-refractivity contribution in [3.63, 3.8) is 0 Å². The van der Waals surface area contributed by atoms with Gasteiger partial charge in [-0.1, -0.05) is 30.3 Å². The molecule has 0 bridgehead atoms. The van der Waals surface area contributed by atoms with Gasteiger partial charge in [0, 0.05) is 18.0 Å². The van der Waals surface area contributed by atoms with Crippen LogP contribution < -0.4 is 15.9 Å². The Kier molecular flexibility index (Phi) is 4.79. The van der Waals surface area contributed by atoms with Gasteiger partial charge in [-0.25, -0.2) is 4.39 Å². The van der Waals surface area contributed by atoms with Crippen molar-refractivity contribution in [3.05, 3.63) is 98.6 Å². The zero-order chi connectivity index (χ0) is 17.8. The third kappa shape index (κ3) is 3.68. The molecule has 0 aliphatic carbocycles. The minimum absolute atomic E-state index is 0.212. The lowest BCUT2D eigenvalue weighted by Crippen LogP contribution is -2.40. The molecule has 0 amide bonds. The first-order valence-electron chi connectivity index (χ1n) is 7.74. The number of ether oxygens (including phenoxy) is 1. The molecule has 0 aliphatic heterocycles. The number of benzene rings is 2. The summed E-state index contributed by atoms with van der Waals surface area (Å²) in [6.45, 7) is 0.458. The Morgan fingerprint density at radius 3 is 2.12 bits per heavy atom. The Bertz CT molecular complexity index is 991. The van der Waals surface area contributed by atoms with Crippen LogP contribution in [0.1, 0.15) is 11.1 Å². The fourth-order valence-electron chi connectivity index (χ4n) is 2.59. The molecule has 0 saturated carbocycles. The summed E-state index contributed by atoms with van der Waals surface area (Å²) in [5.41, 5.74) is 0.311. The van der Waals surface area contributed by atoms with Gasteiger partial charge in [0.05, 0.1) is 20.2 Å². The highest BCUT2D eigenvalue weighted by molar-refractivity contribution is 5.33. The van der Waals surface area contributed by atoms with E-state index in [2.05, 4.69) is 0 Å². The van der Waals surface area contributed by atoms with E-state index in [0.717, 1.165) is 11.1 Å². The second-order valence-corrected chi connectivity index (χ2v) is 5.60. The van der Waals surface area contributed by atoms with Crippen LogP contribution in [0.4, 0.5) is 4.39 Å². The molecule has 1 heterocycles. The monoisotopic (exact) mass is 340 g/mol. The van der Waals surface area contributed by atoms with Gasteiger partial charge >= 0.3 is 11.1 Å². The van der Waals surface area contributed by atoms with Crippen LogP contribution in [0.25, 0.3) is 0 Å². The van der Waals surface area contributed by atoms with Crippen LogP contribution in [0.3, 0.4) is 0 Å². The molecule has 0 aliphatic rings. The van der Waals surface area contributed by atoms with Crippen molar-refractivity contribution in [1.82, 2.24) is 9.13 Å². The zero-order valence-corrected chi connectivity index (χ0v) is 13.7. The van der Waals surface area contributed by atoms with E-state index in [9.17, 15) is 14.0 Å². The maximum atomic E-state index is 13.0. The van der Waals surface area contributed by atoms with Crippen molar-refractivity contribution in [2.45, 2.75) is 13.1 Å². The second kappa shape index (κ2) is 7.17. The molecule has 3 rings (SSSR count). The van der Waals surface area contributed by atoms with Crippen molar-refractivity contribution < 1.29 is 9.13 Å². The minimum Gasteiger partial charge on any atom is -0.496 e. The van der Waals surface area contributed by atoms with Gasteiger partial charge in [0.1, 0.15) is 11.6 Å². The molecule has 3 aromatic rings. The molecule has 0 fully saturated rings. The third-order valence-corrected chi connectivity index (χ3v) is 3.93. The highest BCUT2D eigenvalue weighted by Crippen LogP contribution is 2.17. The average Bonchev–Trinajstić information content (AvgIpc) is 2.63. The van der Waals surface area contributed by atoms with E-state index >= 15 is 0 Å². The summed E-state index contributed by atoms with van der Waals surface area (Å²) in [5.74, 6) is 0.313. The highest BCUT2D eigenvalue weighted by Gasteiger charge is 2.08. The van der Waals surface area contributed by atoms with Crippen LogP contribution in [0.2, 0.25) is 0 Å². The quantitative estimate of drug-likeness (QED) is 0.670. The van der Waals surface area contributed by atoms with Gasteiger partial charge in [-0.2, -0.15) is 0 Å². The van der Waals surface area contributed by atoms with Gasteiger partial charge in [0.2, 0.25) is 0 Å². The first-order valence-corrected chi connectivity index (χ1v) is 7.74. The van der Waals surface area contributed by atoms with E-state index in [1.54, 1.807) is 37.7 Å². The molecule has 0 saturated heterocycles. The average molecular weight is 340 g/mol. The van der Waals surface area contributed by atoms with E-state index in [0.29, 0.717) is 5.75 Å². The summed E-state index contributed by atoms with van der Waals surface area (Å²) in [4.78, 5) is 24.7. The zero-order valence-electron chi connectivity index (χ0n) is 13.7. The molecule has 6 heteroatoms. The maximum absolute atomic E-state index is 13.0. The smallest absolute Gasteiger partial charge is 0.316 e. The van der Waals surface area contributed by atoms with Crippen LogP contribution in [0, 0.1) is 5.82 Å². The Morgan fingerprint density at radius 2 is 1.48 bits per heavy atom. The Morgan fingerprint density at radius 1 is 0.880 bits per heavy atom. The summed E-state index contributed by atoms with van der Waals surface area (Å²) in [7, 11) is 1.56. The molecule has 25 heavy (non-hydrogen) atoms. The fraction of sp³-hybridized carbons (Fsp3) is 0.158. The SMILES string of the molecule is COc1ccccc1Cn1ccn(Cc2ccc(F)cc2)c(=O)c1=O. The predicted molar refractivity (Wildman–Crippen MR) is 92.6 cm³/mol. The number of halogens is 1. The van der Waals surface area contributed by atoms with Gasteiger partial charge in [-0.05, 0) is 23.8 Å². The Balaban J connectivity index is 1.89. The first kappa shape index (κ1) is 16.7. The number of nitrogens with zero attached hydrogens (tertiary/aromatic N) is 2. The van der Waals surface area contributed by atoms with E-state index in [4.69, 9.17) is 4.74 Å². The van der Waals surface area contributed by atoms with E-state index < -0.39 is 11.1 Å². The van der Waals surface area contributed by atoms with Crippen LogP contribution in [-0.4, -0.2) is 16.2 Å². The topological polar surface area (TPSA) is 53.2 Å². The fourth-order valence-corrected chi connectivity index (χ4v) is 2.59. The van der Waals surface area contributed by atoms with Gasteiger partial charge in [0.25, 0.3) is 0 Å². The molecule has 0 atom stereocenters. The molecule has 2 aromatic carbocycles. The summed E-state index contributed by atoms with van der Waals surface area (Å²) < 4.78 is 20.9. The second-order valence-electron chi connectivity index (χ2n) is 5.60. The largest absolute Gasteiger partial charge is 0.496 e. The van der Waals surface area contributed by atoms with Crippen molar-refractivity contribution in [2.24, 2.45) is 0 Å². The molecule has 0 N–H and O–H groups in total. The van der Waals surface area contributed by atoms with Gasteiger partial charge < -0.3 is 13.9 Å². The van der Waals surface area contributed by atoms with Crippen molar-refractivity contribution in [2.75, 3.05) is 7.11 Å². The van der Waals surface area contributed by atoms with Gasteiger partial charge in [-0.15, -0.1) is 0 Å². The number of hydrogen-bond acceptors (Lipinski definition) is 3. The molecular weight excluding hydrogens is 323 g/mol. The van der Waals surface area contributed by atoms with Crippen molar-refractivity contribution >= 4 is 0 Å². The summed E-state index contributed by atoms with van der Waals surface area (Å²) >= 11 is 0. The number of rotatable bonds is 5. The van der Waals surface area contributed by atoms with Crippen LogP contribution in [0.5, 0.6) is 5.75 Å². The Labute approximate surface area is 143 Å². The third-order valence-electron chi connectivity index (χ3n) is 3.93. The van der Waals surface area contributed by atoms with E-state index in [1.165, 1.54) is 21.3 Å². The first-order chi connectivity index (χ1) is 12.1. The lowest BCUT2D eigenvalue weighted by atomic mass is 10.2. The number of aromatic nitrogens is 2. The minimum atomic E-state index is -0.623.